The molecular formula is C14H13ClFN3O. The summed E-state index contributed by atoms with van der Waals surface area (Å²) in [5.74, 6) is -0.483. The number of hydrogen-bond donors (Lipinski definition) is 1. The molecule has 0 saturated carbocycles. The number of nitrogen functional groups attached to an aromatic ring is 1. The largest absolute Gasteiger partial charge is 0.382 e. The van der Waals surface area contributed by atoms with Crippen molar-refractivity contribution in [2.75, 3.05) is 12.8 Å². The average molecular weight is 294 g/mol. The summed E-state index contributed by atoms with van der Waals surface area (Å²) in [6.45, 7) is 0.160. The number of pyridine rings is 1. The van der Waals surface area contributed by atoms with Crippen LogP contribution >= 0.6 is 11.6 Å². The Morgan fingerprint density at radius 2 is 2.15 bits per heavy atom. The Morgan fingerprint density at radius 1 is 1.45 bits per heavy atom. The fourth-order valence-electron chi connectivity index (χ4n) is 1.74. The molecule has 0 aliphatic heterocycles. The fraction of sp³-hybridized carbons (Fsp3) is 0.143. The average Bonchev–Trinajstić information content (AvgIpc) is 2.43. The summed E-state index contributed by atoms with van der Waals surface area (Å²) in [5, 5.41) is 0.218. The van der Waals surface area contributed by atoms with E-state index in [1.54, 1.807) is 25.2 Å². The Bertz CT molecular complexity index is 648. The summed E-state index contributed by atoms with van der Waals surface area (Å²) in [4.78, 5) is 17.4. The van der Waals surface area contributed by atoms with E-state index >= 15 is 0 Å². The van der Waals surface area contributed by atoms with Gasteiger partial charge in [-0.3, -0.25) is 4.79 Å². The molecule has 0 unspecified atom stereocenters. The number of nitrogens with zero attached hydrogens (tertiary/aromatic N) is 2. The van der Waals surface area contributed by atoms with Gasteiger partial charge >= 0.3 is 0 Å². The molecule has 4 nitrogen and oxygen atoms in total. The van der Waals surface area contributed by atoms with Crippen molar-refractivity contribution in [3.8, 4) is 0 Å². The van der Waals surface area contributed by atoms with Gasteiger partial charge in [0.1, 0.15) is 11.6 Å². The molecule has 2 N–H and O–H groups in total. The molecule has 0 radical (unpaired) electrons. The number of amides is 1. The van der Waals surface area contributed by atoms with E-state index in [4.69, 9.17) is 17.3 Å². The molecule has 1 aromatic heterocycles. The second kappa shape index (κ2) is 5.88. The van der Waals surface area contributed by atoms with Gasteiger partial charge in [0.25, 0.3) is 5.91 Å². The number of carbonyl (C=O) groups is 1. The first-order valence-electron chi connectivity index (χ1n) is 5.89. The van der Waals surface area contributed by atoms with E-state index in [-0.39, 0.29) is 29.1 Å². The summed E-state index contributed by atoms with van der Waals surface area (Å²) in [7, 11) is 1.58. The first-order chi connectivity index (χ1) is 9.49. The van der Waals surface area contributed by atoms with Crippen molar-refractivity contribution in [1.29, 1.82) is 0 Å². The second-order valence-corrected chi connectivity index (χ2v) is 4.75. The topological polar surface area (TPSA) is 59.2 Å². The molecular weight excluding hydrogens is 281 g/mol. The Labute approximate surface area is 121 Å². The predicted octanol–water partition coefficient (Wildman–Crippen LogP) is 2.73. The Kier molecular flexibility index (Phi) is 4.20. The van der Waals surface area contributed by atoms with Crippen LogP contribution in [0.15, 0.2) is 36.5 Å². The normalized spacial score (nSPS) is 10.3. The number of nitrogens with two attached hydrogens (primary N) is 1. The summed E-state index contributed by atoms with van der Waals surface area (Å²) in [5.41, 5.74) is 6.24. The van der Waals surface area contributed by atoms with E-state index in [0.717, 1.165) is 0 Å². The van der Waals surface area contributed by atoms with Crippen LogP contribution in [0.5, 0.6) is 0 Å². The second-order valence-electron chi connectivity index (χ2n) is 4.34. The SMILES string of the molecule is CN(Cc1ccccc1F)C(=O)c1cnc(N)c(Cl)c1. The minimum absolute atomic E-state index is 0.160. The molecule has 1 aromatic carbocycles. The summed E-state index contributed by atoms with van der Waals surface area (Å²) in [6.07, 6.45) is 1.35. The number of benzene rings is 1. The minimum Gasteiger partial charge on any atom is -0.382 e. The Morgan fingerprint density at radius 3 is 2.80 bits per heavy atom. The molecule has 1 amide bonds. The van der Waals surface area contributed by atoms with Gasteiger partial charge in [-0.25, -0.2) is 9.37 Å². The highest BCUT2D eigenvalue weighted by Crippen LogP contribution is 2.18. The van der Waals surface area contributed by atoms with Gasteiger partial charge in [-0.15, -0.1) is 0 Å². The lowest BCUT2D eigenvalue weighted by Crippen LogP contribution is -2.26. The molecule has 1 heterocycles. The first kappa shape index (κ1) is 14.3. The third kappa shape index (κ3) is 3.05. The quantitative estimate of drug-likeness (QED) is 0.946. The van der Waals surface area contributed by atoms with E-state index in [9.17, 15) is 9.18 Å². The predicted molar refractivity (Wildman–Crippen MR) is 75.9 cm³/mol. The minimum atomic E-state index is -0.347. The smallest absolute Gasteiger partial charge is 0.255 e. The lowest BCUT2D eigenvalue weighted by atomic mass is 10.2. The zero-order chi connectivity index (χ0) is 14.7. The number of anilines is 1. The van der Waals surface area contributed by atoms with Crippen molar-refractivity contribution in [3.05, 3.63) is 58.5 Å². The maximum atomic E-state index is 13.5. The van der Waals surface area contributed by atoms with E-state index in [0.29, 0.717) is 11.1 Å². The summed E-state index contributed by atoms with van der Waals surface area (Å²) in [6, 6.07) is 7.76. The highest BCUT2D eigenvalue weighted by atomic mass is 35.5. The van der Waals surface area contributed by atoms with Gasteiger partial charge in [-0.05, 0) is 12.1 Å². The van der Waals surface area contributed by atoms with Gasteiger partial charge in [-0.1, -0.05) is 29.8 Å². The highest BCUT2D eigenvalue weighted by molar-refractivity contribution is 6.33. The van der Waals surface area contributed by atoms with Crippen molar-refractivity contribution in [2.45, 2.75) is 6.54 Å². The van der Waals surface area contributed by atoms with Crippen molar-refractivity contribution in [2.24, 2.45) is 0 Å². The molecule has 0 saturated heterocycles. The van der Waals surface area contributed by atoms with Crippen molar-refractivity contribution >= 4 is 23.3 Å². The van der Waals surface area contributed by atoms with E-state index < -0.39 is 0 Å². The number of halogens is 2. The van der Waals surface area contributed by atoms with Crippen LogP contribution in [0.25, 0.3) is 0 Å². The van der Waals surface area contributed by atoms with Crippen LogP contribution in [0.4, 0.5) is 10.2 Å². The zero-order valence-electron chi connectivity index (χ0n) is 10.8. The molecule has 20 heavy (non-hydrogen) atoms. The highest BCUT2D eigenvalue weighted by Gasteiger charge is 2.15. The number of aromatic nitrogens is 1. The summed E-state index contributed by atoms with van der Waals surface area (Å²) < 4.78 is 13.5. The molecule has 0 aliphatic rings. The van der Waals surface area contributed by atoms with E-state index in [2.05, 4.69) is 4.98 Å². The molecule has 0 bridgehead atoms. The number of hydrogen-bond acceptors (Lipinski definition) is 3. The Hall–Kier alpha value is -2.14. The van der Waals surface area contributed by atoms with Gasteiger partial charge in [0.05, 0.1) is 10.6 Å². The maximum Gasteiger partial charge on any atom is 0.255 e. The van der Waals surface area contributed by atoms with Crippen LogP contribution in [0.1, 0.15) is 15.9 Å². The number of carbonyl (C=O) groups excluding carboxylic acids is 1. The van der Waals surface area contributed by atoms with Gasteiger partial charge in [0.15, 0.2) is 0 Å². The van der Waals surface area contributed by atoms with Crippen molar-refractivity contribution in [3.63, 3.8) is 0 Å². The molecule has 0 spiro atoms. The van der Waals surface area contributed by atoms with Gasteiger partial charge in [-0.2, -0.15) is 0 Å². The molecule has 0 aliphatic carbocycles. The zero-order valence-corrected chi connectivity index (χ0v) is 11.6. The van der Waals surface area contributed by atoms with Crippen molar-refractivity contribution in [1.82, 2.24) is 9.88 Å². The molecule has 0 fully saturated rings. The standard InChI is InChI=1S/C14H13ClFN3O/c1-19(8-9-4-2-3-5-12(9)16)14(20)10-6-11(15)13(17)18-7-10/h2-7H,8H2,1H3,(H2,17,18). The van der Waals surface area contributed by atoms with Crippen LogP contribution in [0.2, 0.25) is 5.02 Å². The van der Waals surface area contributed by atoms with Crippen LogP contribution in [-0.4, -0.2) is 22.8 Å². The van der Waals surface area contributed by atoms with Crippen LogP contribution in [0, 0.1) is 5.82 Å². The fourth-order valence-corrected chi connectivity index (χ4v) is 1.91. The van der Waals surface area contributed by atoms with Gasteiger partial charge < -0.3 is 10.6 Å². The van der Waals surface area contributed by atoms with Crippen LogP contribution in [-0.2, 0) is 6.54 Å². The molecule has 0 atom stereocenters. The van der Waals surface area contributed by atoms with E-state index in [1.165, 1.54) is 23.2 Å². The monoisotopic (exact) mass is 293 g/mol. The third-order valence-electron chi connectivity index (χ3n) is 2.83. The summed E-state index contributed by atoms with van der Waals surface area (Å²) >= 11 is 5.83. The van der Waals surface area contributed by atoms with Crippen LogP contribution in [0.3, 0.4) is 0 Å². The number of rotatable bonds is 3. The Balaban J connectivity index is 2.16. The lowest BCUT2D eigenvalue weighted by Gasteiger charge is -2.17. The maximum absolute atomic E-state index is 13.5. The first-order valence-corrected chi connectivity index (χ1v) is 6.26. The molecule has 104 valence electrons. The molecule has 2 aromatic rings. The lowest BCUT2D eigenvalue weighted by molar-refractivity contribution is 0.0783. The molecule has 6 heteroatoms. The molecule has 2 rings (SSSR count). The van der Waals surface area contributed by atoms with E-state index in [1.807, 2.05) is 0 Å². The van der Waals surface area contributed by atoms with Crippen LogP contribution < -0.4 is 5.73 Å². The van der Waals surface area contributed by atoms with Gasteiger partial charge in [0.2, 0.25) is 0 Å². The third-order valence-corrected chi connectivity index (χ3v) is 3.13. The van der Waals surface area contributed by atoms with Crippen molar-refractivity contribution < 1.29 is 9.18 Å². The van der Waals surface area contributed by atoms with Gasteiger partial charge in [0, 0.05) is 25.4 Å².